The number of methoxy groups -OCH3 is 1. The molecule has 0 radical (unpaired) electrons. The van der Waals surface area contributed by atoms with Crippen molar-refractivity contribution in [1.29, 1.82) is 5.26 Å². The van der Waals surface area contributed by atoms with E-state index in [1.165, 1.54) is 0 Å². The van der Waals surface area contributed by atoms with Gasteiger partial charge in [-0.25, -0.2) is 0 Å². The minimum Gasteiger partial charge on any atom is -0.484 e. The Morgan fingerprint density at radius 2 is 2.03 bits per heavy atom. The molecule has 0 saturated heterocycles. The Morgan fingerprint density at radius 3 is 2.87 bits per heavy atom. The van der Waals surface area contributed by atoms with Crippen LogP contribution in [0.2, 0.25) is 0 Å². The lowest BCUT2D eigenvalue weighted by Crippen LogP contribution is -2.10. The summed E-state index contributed by atoms with van der Waals surface area (Å²) in [6, 6.07) is 20.1. The SMILES string of the molecule is COCCn1ccc2cc(NC(=O)c3ccc(COc4ccccc4C#N)o3)ccc21. The van der Waals surface area contributed by atoms with Crippen LogP contribution in [0.1, 0.15) is 21.9 Å². The minimum atomic E-state index is -0.346. The van der Waals surface area contributed by atoms with Gasteiger partial charge in [-0.15, -0.1) is 0 Å². The van der Waals surface area contributed by atoms with E-state index in [0.717, 1.165) is 17.4 Å². The molecule has 0 atom stereocenters. The molecule has 0 spiro atoms. The van der Waals surface area contributed by atoms with Gasteiger partial charge in [0.05, 0.1) is 12.2 Å². The van der Waals surface area contributed by atoms with E-state index in [2.05, 4.69) is 16.0 Å². The average molecular weight is 415 g/mol. The quantitative estimate of drug-likeness (QED) is 0.455. The number of nitrogens with zero attached hydrogens (tertiary/aromatic N) is 2. The van der Waals surface area contributed by atoms with E-state index in [1.54, 1.807) is 43.5 Å². The number of para-hydroxylation sites is 1. The molecular formula is C24H21N3O4. The summed E-state index contributed by atoms with van der Waals surface area (Å²) < 4.78 is 18.5. The van der Waals surface area contributed by atoms with Crippen LogP contribution in [-0.4, -0.2) is 24.2 Å². The lowest BCUT2D eigenvalue weighted by Gasteiger charge is -2.07. The van der Waals surface area contributed by atoms with Crippen LogP contribution in [-0.2, 0) is 17.9 Å². The third kappa shape index (κ3) is 4.60. The molecule has 4 rings (SSSR count). The summed E-state index contributed by atoms with van der Waals surface area (Å²) in [6.07, 6.45) is 2.00. The number of amides is 1. The van der Waals surface area contributed by atoms with E-state index < -0.39 is 0 Å². The van der Waals surface area contributed by atoms with Crippen molar-refractivity contribution in [3.63, 3.8) is 0 Å². The van der Waals surface area contributed by atoms with Crippen LogP contribution < -0.4 is 10.1 Å². The summed E-state index contributed by atoms with van der Waals surface area (Å²) in [7, 11) is 1.68. The first-order chi connectivity index (χ1) is 15.2. The maximum Gasteiger partial charge on any atom is 0.291 e. The third-order valence-corrected chi connectivity index (χ3v) is 4.83. The number of carbonyl (C=O) groups is 1. The second kappa shape index (κ2) is 9.20. The van der Waals surface area contributed by atoms with Gasteiger partial charge < -0.3 is 23.8 Å². The van der Waals surface area contributed by atoms with Crippen molar-refractivity contribution in [2.45, 2.75) is 13.2 Å². The van der Waals surface area contributed by atoms with Crippen LogP contribution in [0, 0.1) is 11.3 Å². The highest BCUT2D eigenvalue weighted by Gasteiger charge is 2.13. The molecule has 2 aromatic carbocycles. The smallest absolute Gasteiger partial charge is 0.291 e. The van der Waals surface area contributed by atoms with E-state index >= 15 is 0 Å². The van der Waals surface area contributed by atoms with Gasteiger partial charge in [0.1, 0.15) is 24.2 Å². The van der Waals surface area contributed by atoms with Crippen molar-refractivity contribution >= 4 is 22.5 Å². The summed E-state index contributed by atoms with van der Waals surface area (Å²) in [4.78, 5) is 12.6. The molecule has 0 aliphatic rings. The normalized spacial score (nSPS) is 10.7. The fourth-order valence-electron chi connectivity index (χ4n) is 3.27. The van der Waals surface area contributed by atoms with Gasteiger partial charge in [0.2, 0.25) is 0 Å². The van der Waals surface area contributed by atoms with Gasteiger partial charge in [-0.05, 0) is 48.5 Å². The molecule has 4 aromatic rings. The number of hydrogen-bond donors (Lipinski definition) is 1. The van der Waals surface area contributed by atoms with Crippen LogP contribution in [0.4, 0.5) is 5.69 Å². The van der Waals surface area contributed by atoms with E-state index in [0.29, 0.717) is 29.4 Å². The predicted molar refractivity (Wildman–Crippen MR) is 116 cm³/mol. The molecule has 31 heavy (non-hydrogen) atoms. The molecule has 2 heterocycles. The lowest BCUT2D eigenvalue weighted by atomic mass is 10.2. The Labute approximate surface area is 179 Å². The number of ether oxygens (including phenoxy) is 2. The highest BCUT2D eigenvalue weighted by molar-refractivity contribution is 6.03. The van der Waals surface area contributed by atoms with E-state index in [4.69, 9.17) is 19.2 Å². The van der Waals surface area contributed by atoms with Gasteiger partial charge in [0.15, 0.2) is 5.76 Å². The van der Waals surface area contributed by atoms with Crippen LogP contribution in [0.15, 0.2) is 71.3 Å². The summed E-state index contributed by atoms with van der Waals surface area (Å²) >= 11 is 0. The molecule has 7 nitrogen and oxygen atoms in total. The van der Waals surface area contributed by atoms with E-state index in [-0.39, 0.29) is 18.3 Å². The van der Waals surface area contributed by atoms with Gasteiger partial charge in [0, 0.05) is 36.4 Å². The van der Waals surface area contributed by atoms with Crippen molar-refractivity contribution in [2.75, 3.05) is 19.0 Å². The lowest BCUT2D eigenvalue weighted by molar-refractivity contribution is 0.0992. The Balaban J connectivity index is 1.40. The molecule has 7 heteroatoms. The molecule has 1 N–H and O–H groups in total. The Hall–Kier alpha value is -4.02. The van der Waals surface area contributed by atoms with Crippen LogP contribution in [0.25, 0.3) is 10.9 Å². The second-order valence-electron chi connectivity index (χ2n) is 6.89. The molecule has 0 bridgehead atoms. The van der Waals surface area contributed by atoms with Crippen LogP contribution >= 0.6 is 0 Å². The number of anilines is 1. The van der Waals surface area contributed by atoms with Crippen molar-refractivity contribution in [2.24, 2.45) is 0 Å². The summed E-state index contributed by atoms with van der Waals surface area (Å²) in [5.74, 6) is 0.800. The first-order valence-electron chi connectivity index (χ1n) is 9.78. The standard InChI is InChI=1S/C24H21N3O4/c1-29-13-12-27-11-10-17-14-19(6-8-21(17)27)26-24(28)23-9-7-20(31-23)16-30-22-5-3-2-4-18(22)15-25/h2-11,14H,12-13,16H2,1H3,(H,26,28). The Bertz CT molecular complexity index is 1250. The van der Waals surface area contributed by atoms with Crippen LogP contribution in [0.3, 0.4) is 0 Å². The van der Waals surface area contributed by atoms with Gasteiger partial charge in [-0.1, -0.05) is 12.1 Å². The van der Waals surface area contributed by atoms with Gasteiger partial charge in [0.25, 0.3) is 5.91 Å². The molecule has 0 saturated carbocycles. The number of benzene rings is 2. The summed E-state index contributed by atoms with van der Waals surface area (Å²) in [5.41, 5.74) is 2.20. The molecule has 1 amide bonds. The highest BCUT2D eigenvalue weighted by Crippen LogP contribution is 2.22. The maximum atomic E-state index is 12.6. The Morgan fingerprint density at radius 1 is 1.16 bits per heavy atom. The zero-order valence-electron chi connectivity index (χ0n) is 17.0. The molecule has 0 unspecified atom stereocenters. The molecule has 2 aromatic heterocycles. The zero-order valence-corrected chi connectivity index (χ0v) is 17.0. The van der Waals surface area contributed by atoms with Crippen molar-refractivity contribution in [3.8, 4) is 11.8 Å². The molecule has 156 valence electrons. The van der Waals surface area contributed by atoms with Gasteiger partial charge in [-0.2, -0.15) is 5.26 Å². The number of aromatic nitrogens is 1. The summed E-state index contributed by atoms with van der Waals surface area (Å²) in [6.45, 7) is 1.52. The second-order valence-corrected chi connectivity index (χ2v) is 6.89. The fourth-order valence-corrected chi connectivity index (χ4v) is 3.27. The van der Waals surface area contributed by atoms with Gasteiger partial charge in [-0.3, -0.25) is 4.79 Å². The number of carbonyl (C=O) groups excluding carboxylic acids is 1. The third-order valence-electron chi connectivity index (χ3n) is 4.83. The number of hydrogen-bond acceptors (Lipinski definition) is 5. The number of nitriles is 1. The van der Waals surface area contributed by atoms with E-state index in [9.17, 15) is 4.79 Å². The fraction of sp³-hybridized carbons (Fsp3) is 0.167. The largest absolute Gasteiger partial charge is 0.484 e. The van der Waals surface area contributed by atoms with E-state index in [1.807, 2.05) is 30.5 Å². The monoisotopic (exact) mass is 415 g/mol. The molecule has 0 fully saturated rings. The zero-order chi connectivity index (χ0) is 21.6. The number of rotatable bonds is 8. The highest BCUT2D eigenvalue weighted by atomic mass is 16.5. The first kappa shape index (κ1) is 20.3. The van der Waals surface area contributed by atoms with Crippen molar-refractivity contribution < 1.29 is 18.7 Å². The van der Waals surface area contributed by atoms with Crippen molar-refractivity contribution in [1.82, 2.24) is 4.57 Å². The summed E-state index contributed by atoms with van der Waals surface area (Å²) in [5, 5.41) is 13.0. The van der Waals surface area contributed by atoms with Crippen molar-refractivity contribution in [3.05, 3.63) is 83.9 Å². The minimum absolute atomic E-state index is 0.118. The average Bonchev–Trinajstić information content (AvgIpc) is 3.43. The first-order valence-corrected chi connectivity index (χ1v) is 9.78. The van der Waals surface area contributed by atoms with Gasteiger partial charge >= 0.3 is 0 Å². The molecule has 0 aliphatic heterocycles. The maximum absolute atomic E-state index is 12.6. The number of nitrogens with one attached hydrogen (secondary N) is 1. The predicted octanol–water partition coefficient (Wildman–Crippen LogP) is 4.58. The number of fused-ring (bicyclic) bond motifs is 1. The molecule has 0 aliphatic carbocycles. The molecular weight excluding hydrogens is 394 g/mol. The number of furan rings is 1. The topological polar surface area (TPSA) is 89.4 Å². The van der Waals surface area contributed by atoms with Crippen LogP contribution in [0.5, 0.6) is 5.75 Å². The Kier molecular flexibility index (Phi) is 6.01.